The van der Waals surface area contributed by atoms with Gasteiger partial charge in [-0.1, -0.05) is 0 Å². The number of hydrogen-bond acceptors (Lipinski definition) is 4. The van der Waals surface area contributed by atoms with Crippen LogP contribution in [0.4, 0.5) is 5.82 Å². The number of nitrogen functional groups attached to an aromatic ring is 1. The van der Waals surface area contributed by atoms with Crippen molar-refractivity contribution in [1.29, 1.82) is 0 Å². The Bertz CT molecular complexity index is 298. The van der Waals surface area contributed by atoms with E-state index < -0.39 is 0 Å². The first-order chi connectivity index (χ1) is 6.84. The van der Waals surface area contributed by atoms with E-state index in [4.69, 9.17) is 15.2 Å². The van der Waals surface area contributed by atoms with Gasteiger partial charge in [0.1, 0.15) is 11.6 Å². The van der Waals surface area contributed by atoms with Gasteiger partial charge in [0.2, 0.25) is 0 Å². The normalized spacial score (nSPS) is 21.0. The third-order valence-corrected chi connectivity index (χ3v) is 2.26. The molecule has 1 fully saturated rings. The smallest absolute Gasteiger partial charge is 0.126 e. The molecular formula is C10H14N2O2. The summed E-state index contributed by atoms with van der Waals surface area (Å²) in [7, 11) is 0. The Labute approximate surface area is 83.0 Å². The van der Waals surface area contributed by atoms with Gasteiger partial charge < -0.3 is 15.2 Å². The summed E-state index contributed by atoms with van der Waals surface area (Å²) >= 11 is 0. The Morgan fingerprint density at radius 3 is 3.29 bits per heavy atom. The molecular weight excluding hydrogens is 180 g/mol. The van der Waals surface area contributed by atoms with E-state index in [9.17, 15) is 0 Å². The van der Waals surface area contributed by atoms with Crippen LogP contribution in [0.5, 0.6) is 5.75 Å². The van der Waals surface area contributed by atoms with Crippen LogP contribution in [0.1, 0.15) is 6.42 Å². The summed E-state index contributed by atoms with van der Waals surface area (Å²) in [6.45, 7) is 2.36. The Morgan fingerprint density at radius 2 is 2.57 bits per heavy atom. The molecule has 1 aromatic heterocycles. The van der Waals surface area contributed by atoms with E-state index >= 15 is 0 Å². The van der Waals surface area contributed by atoms with Crippen LogP contribution >= 0.6 is 0 Å². The maximum atomic E-state index is 5.57. The van der Waals surface area contributed by atoms with Crippen molar-refractivity contribution in [3.8, 4) is 5.75 Å². The van der Waals surface area contributed by atoms with Crippen LogP contribution in [-0.4, -0.2) is 24.8 Å². The minimum absolute atomic E-state index is 0.491. The molecule has 76 valence electrons. The lowest BCUT2D eigenvalue weighted by atomic mass is 10.1. The number of ether oxygens (including phenoxy) is 2. The molecule has 2 rings (SSSR count). The minimum Gasteiger partial charge on any atom is -0.493 e. The molecule has 4 nitrogen and oxygen atoms in total. The van der Waals surface area contributed by atoms with Crippen LogP contribution in [0, 0.1) is 5.92 Å². The Kier molecular flexibility index (Phi) is 2.84. The quantitative estimate of drug-likeness (QED) is 0.782. The van der Waals surface area contributed by atoms with Crippen LogP contribution in [0.15, 0.2) is 18.3 Å². The molecule has 1 aromatic rings. The summed E-state index contributed by atoms with van der Waals surface area (Å²) in [6, 6.07) is 3.54. The molecule has 0 amide bonds. The van der Waals surface area contributed by atoms with E-state index in [1.165, 1.54) is 0 Å². The lowest BCUT2D eigenvalue weighted by molar-refractivity contribution is 0.167. The summed E-state index contributed by atoms with van der Waals surface area (Å²) in [5, 5.41) is 0. The zero-order valence-electron chi connectivity index (χ0n) is 7.98. The van der Waals surface area contributed by atoms with Gasteiger partial charge in [0.25, 0.3) is 0 Å². The average molecular weight is 194 g/mol. The number of pyridine rings is 1. The molecule has 1 aliphatic heterocycles. The first-order valence-electron chi connectivity index (χ1n) is 4.76. The van der Waals surface area contributed by atoms with Gasteiger partial charge in [-0.25, -0.2) is 4.98 Å². The molecule has 1 atom stereocenters. The van der Waals surface area contributed by atoms with Crippen LogP contribution in [0.25, 0.3) is 0 Å². The zero-order chi connectivity index (χ0) is 9.80. The molecule has 1 aliphatic rings. The topological polar surface area (TPSA) is 57.4 Å². The fraction of sp³-hybridized carbons (Fsp3) is 0.500. The Balaban J connectivity index is 1.85. The SMILES string of the molecule is Nc1cc(OCC2CCOC2)ccn1. The molecule has 2 heterocycles. The maximum absolute atomic E-state index is 5.57. The Hall–Kier alpha value is -1.29. The van der Waals surface area contributed by atoms with Gasteiger partial charge in [-0.2, -0.15) is 0 Å². The van der Waals surface area contributed by atoms with Crippen LogP contribution in [0.2, 0.25) is 0 Å². The summed E-state index contributed by atoms with van der Waals surface area (Å²) in [5.41, 5.74) is 5.53. The van der Waals surface area contributed by atoms with E-state index in [0.717, 1.165) is 25.4 Å². The standard InChI is InChI=1S/C10H14N2O2/c11-10-5-9(1-3-12-10)14-7-8-2-4-13-6-8/h1,3,5,8H,2,4,6-7H2,(H2,11,12). The summed E-state index contributed by atoms with van der Waals surface area (Å²) < 4.78 is 10.8. The molecule has 0 radical (unpaired) electrons. The molecule has 0 spiro atoms. The van der Waals surface area contributed by atoms with Crippen molar-refractivity contribution in [2.75, 3.05) is 25.6 Å². The van der Waals surface area contributed by atoms with Crippen molar-refractivity contribution in [3.63, 3.8) is 0 Å². The largest absolute Gasteiger partial charge is 0.493 e. The summed E-state index contributed by atoms with van der Waals surface area (Å²) in [5.74, 6) is 1.79. The highest BCUT2D eigenvalue weighted by Crippen LogP contribution is 2.16. The monoisotopic (exact) mass is 194 g/mol. The summed E-state index contributed by atoms with van der Waals surface area (Å²) in [4.78, 5) is 3.89. The van der Waals surface area contributed by atoms with Crippen molar-refractivity contribution in [2.45, 2.75) is 6.42 Å². The van der Waals surface area contributed by atoms with E-state index in [1.54, 1.807) is 12.3 Å². The van der Waals surface area contributed by atoms with Gasteiger partial charge >= 0.3 is 0 Å². The number of hydrogen-bond donors (Lipinski definition) is 1. The highest BCUT2D eigenvalue weighted by Gasteiger charge is 2.15. The second-order valence-electron chi connectivity index (χ2n) is 3.46. The molecule has 1 saturated heterocycles. The molecule has 0 aliphatic carbocycles. The molecule has 1 unspecified atom stereocenters. The number of anilines is 1. The van der Waals surface area contributed by atoms with Gasteiger partial charge in [-0.3, -0.25) is 0 Å². The first-order valence-corrected chi connectivity index (χ1v) is 4.76. The predicted molar refractivity (Wildman–Crippen MR) is 53.1 cm³/mol. The average Bonchev–Trinajstić information content (AvgIpc) is 2.67. The van der Waals surface area contributed by atoms with E-state index in [2.05, 4.69) is 4.98 Å². The van der Waals surface area contributed by atoms with Crippen LogP contribution in [-0.2, 0) is 4.74 Å². The fourth-order valence-electron chi connectivity index (χ4n) is 1.45. The lowest BCUT2D eigenvalue weighted by Gasteiger charge is -2.09. The second kappa shape index (κ2) is 4.28. The van der Waals surface area contributed by atoms with E-state index in [1.807, 2.05) is 6.07 Å². The van der Waals surface area contributed by atoms with Gasteiger partial charge in [-0.15, -0.1) is 0 Å². The third kappa shape index (κ3) is 2.35. The number of nitrogens with two attached hydrogens (primary N) is 1. The van der Waals surface area contributed by atoms with Crippen molar-refractivity contribution >= 4 is 5.82 Å². The van der Waals surface area contributed by atoms with Crippen molar-refractivity contribution in [3.05, 3.63) is 18.3 Å². The van der Waals surface area contributed by atoms with Crippen molar-refractivity contribution in [1.82, 2.24) is 4.98 Å². The third-order valence-electron chi connectivity index (χ3n) is 2.26. The lowest BCUT2D eigenvalue weighted by Crippen LogP contribution is -2.11. The van der Waals surface area contributed by atoms with Crippen LogP contribution < -0.4 is 10.5 Å². The number of aromatic nitrogens is 1. The molecule has 0 aromatic carbocycles. The van der Waals surface area contributed by atoms with Crippen molar-refractivity contribution in [2.24, 2.45) is 5.92 Å². The highest BCUT2D eigenvalue weighted by molar-refractivity contribution is 5.35. The molecule has 2 N–H and O–H groups in total. The second-order valence-corrected chi connectivity index (χ2v) is 3.46. The minimum atomic E-state index is 0.491. The van der Waals surface area contributed by atoms with Gasteiger partial charge in [0.05, 0.1) is 13.2 Å². The van der Waals surface area contributed by atoms with E-state index in [-0.39, 0.29) is 0 Å². The molecule has 0 bridgehead atoms. The van der Waals surface area contributed by atoms with E-state index in [0.29, 0.717) is 18.3 Å². The molecule has 0 saturated carbocycles. The number of nitrogens with zero attached hydrogens (tertiary/aromatic N) is 1. The number of rotatable bonds is 3. The van der Waals surface area contributed by atoms with Crippen LogP contribution in [0.3, 0.4) is 0 Å². The highest BCUT2D eigenvalue weighted by atomic mass is 16.5. The molecule has 4 heteroatoms. The zero-order valence-corrected chi connectivity index (χ0v) is 7.98. The first kappa shape index (κ1) is 9.27. The van der Waals surface area contributed by atoms with Gasteiger partial charge in [0, 0.05) is 24.8 Å². The Morgan fingerprint density at radius 1 is 1.64 bits per heavy atom. The predicted octanol–water partition coefficient (Wildman–Crippen LogP) is 1.08. The summed E-state index contributed by atoms with van der Waals surface area (Å²) in [6.07, 6.45) is 2.73. The van der Waals surface area contributed by atoms with Gasteiger partial charge in [-0.05, 0) is 12.5 Å². The van der Waals surface area contributed by atoms with Crippen molar-refractivity contribution < 1.29 is 9.47 Å². The maximum Gasteiger partial charge on any atom is 0.126 e. The molecule has 14 heavy (non-hydrogen) atoms. The fourth-order valence-corrected chi connectivity index (χ4v) is 1.45. The van der Waals surface area contributed by atoms with Gasteiger partial charge in [0.15, 0.2) is 0 Å².